The number of nitrogens with zero attached hydrogens (tertiary/aromatic N) is 4. The quantitative estimate of drug-likeness (QED) is 0.781. The third-order valence-electron chi connectivity index (χ3n) is 3.48. The topological polar surface area (TPSA) is 67.4 Å². The number of aromatic nitrogens is 2. The molecule has 7 heteroatoms. The zero-order valence-corrected chi connectivity index (χ0v) is 12.1. The lowest BCUT2D eigenvalue weighted by Crippen LogP contribution is -2.54. The zero-order valence-electron chi connectivity index (χ0n) is 11.2. The van der Waals surface area contributed by atoms with Crippen LogP contribution in [0.3, 0.4) is 0 Å². The van der Waals surface area contributed by atoms with Crippen molar-refractivity contribution < 1.29 is 4.79 Å². The normalized spacial score (nSPS) is 18.3. The minimum absolute atomic E-state index is 0.0109. The van der Waals surface area contributed by atoms with Crippen LogP contribution >= 0.6 is 12.2 Å². The van der Waals surface area contributed by atoms with E-state index >= 15 is 0 Å². The highest BCUT2D eigenvalue weighted by Crippen LogP contribution is 2.09. The van der Waals surface area contributed by atoms with E-state index in [9.17, 15) is 4.79 Å². The second kappa shape index (κ2) is 5.66. The summed E-state index contributed by atoms with van der Waals surface area (Å²) in [5, 5.41) is 0. The Hall–Kier alpha value is -1.47. The molecule has 104 valence electrons. The molecule has 1 aromatic rings. The fourth-order valence-electron chi connectivity index (χ4n) is 2.18. The second-order valence-electron chi connectivity index (χ2n) is 4.83. The SMILES string of the molecule is CC(C(N)=S)N1CCN(C(=O)c2cn(C)cn2)CC1. The highest BCUT2D eigenvalue weighted by Gasteiger charge is 2.26. The van der Waals surface area contributed by atoms with Crippen molar-refractivity contribution in [2.24, 2.45) is 12.8 Å². The average Bonchev–Trinajstić information content (AvgIpc) is 2.84. The number of carbonyl (C=O) groups is 1. The summed E-state index contributed by atoms with van der Waals surface area (Å²) in [4.78, 5) is 20.8. The molecule has 0 spiro atoms. The molecular formula is C12H19N5OS. The molecule has 0 radical (unpaired) electrons. The number of amides is 1. The zero-order chi connectivity index (χ0) is 14.0. The predicted octanol–water partition coefficient (Wildman–Crippen LogP) is -0.147. The number of carbonyl (C=O) groups excluding carboxylic acids is 1. The number of piperazine rings is 1. The molecule has 1 fully saturated rings. The van der Waals surface area contributed by atoms with Crippen LogP contribution in [-0.4, -0.2) is 62.5 Å². The molecule has 2 heterocycles. The van der Waals surface area contributed by atoms with Crippen molar-refractivity contribution in [2.45, 2.75) is 13.0 Å². The molecule has 0 aliphatic carbocycles. The van der Waals surface area contributed by atoms with Gasteiger partial charge in [0.05, 0.1) is 17.4 Å². The van der Waals surface area contributed by atoms with E-state index in [2.05, 4.69) is 9.88 Å². The summed E-state index contributed by atoms with van der Waals surface area (Å²) in [5.41, 5.74) is 6.15. The lowest BCUT2D eigenvalue weighted by Gasteiger charge is -2.37. The van der Waals surface area contributed by atoms with Gasteiger partial charge in [-0.2, -0.15) is 0 Å². The third-order valence-corrected chi connectivity index (χ3v) is 3.83. The first-order valence-corrected chi connectivity index (χ1v) is 6.70. The fourth-order valence-corrected chi connectivity index (χ4v) is 2.33. The number of rotatable bonds is 3. The van der Waals surface area contributed by atoms with E-state index in [1.807, 2.05) is 18.9 Å². The number of thiocarbonyl (C=S) groups is 1. The number of nitrogens with two attached hydrogens (primary N) is 1. The van der Waals surface area contributed by atoms with Gasteiger partial charge in [0.15, 0.2) is 0 Å². The van der Waals surface area contributed by atoms with Gasteiger partial charge in [0.25, 0.3) is 5.91 Å². The Morgan fingerprint density at radius 1 is 1.42 bits per heavy atom. The summed E-state index contributed by atoms with van der Waals surface area (Å²) >= 11 is 5.00. The maximum absolute atomic E-state index is 12.2. The lowest BCUT2D eigenvalue weighted by atomic mass is 10.2. The molecule has 0 aromatic carbocycles. The summed E-state index contributed by atoms with van der Waals surface area (Å²) in [6.45, 7) is 4.94. The van der Waals surface area contributed by atoms with E-state index in [1.165, 1.54) is 0 Å². The van der Waals surface area contributed by atoms with Gasteiger partial charge in [0, 0.05) is 39.4 Å². The van der Waals surface area contributed by atoms with Gasteiger partial charge >= 0.3 is 0 Å². The predicted molar refractivity (Wildman–Crippen MR) is 76.9 cm³/mol. The van der Waals surface area contributed by atoms with Crippen LogP contribution < -0.4 is 5.73 Å². The van der Waals surface area contributed by atoms with Crippen LogP contribution in [0.1, 0.15) is 17.4 Å². The summed E-state index contributed by atoms with van der Waals surface area (Å²) < 4.78 is 1.78. The first-order chi connectivity index (χ1) is 8.99. The van der Waals surface area contributed by atoms with Crippen LogP contribution in [0.15, 0.2) is 12.5 Å². The van der Waals surface area contributed by atoms with Crippen molar-refractivity contribution in [3.63, 3.8) is 0 Å². The van der Waals surface area contributed by atoms with Gasteiger partial charge in [-0.05, 0) is 6.92 Å². The molecule has 1 aliphatic rings. The molecule has 1 amide bonds. The van der Waals surface area contributed by atoms with Gasteiger partial charge < -0.3 is 15.2 Å². The Balaban J connectivity index is 1.93. The molecule has 2 rings (SSSR count). The molecule has 19 heavy (non-hydrogen) atoms. The molecule has 2 N–H and O–H groups in total. The standard InChI is InChI=1S/C12H19N5OS/c1-9(11(13)19)16-3-5-17(6-4-16)12(18)10-7-15(2)8-14-10/h7-9H,3-6H2,1-2H3,(H2,13,19). The van der Waals surface area contributed by atoms with E-state index in [-0.39, 0.29) is 11.9 Å². The Morgan fingerprint density at radius 2 is 2.05 bits per heavy atom. The van der Waals surface area contributed by atoms with Crippen molar-refractivity contribution in [1.82, 2.24) is 19.4 Å². The van der Waals surface area contributed by atoms with Gasteiger partial charge in [0.1, 0.15) is 5.69 Å². The molecular weight excluding hydrogens is 262 g/mol. The first-order valence-electron chi connectivity index (χ1n) is 6.29. The Kier molecular flexibility index (Phi) is 4.16. The summed E-state index contributed by atoms with van der Waals surface area (Å²) in [7, 11) is 1.85. The minimum Gasteiger partial charge on any atom is -0.392 e. The van der Waals surface area contributed by atoms with E-state index in [0.29, 0.717) is 23.8 Å². The van der Waals surface area contributed by atoms with Crippen LogP contribution in [0.2, 0.25) is 0 Å². The Bertz CT molecular complexity index is 478. The van der Waals surface area contributed by atoms with E-state index in [4.69, 9.17) is 18.0 Å². The van der Waals surface area contributed by atoms with Crippen molar-refractivity contribution in [3.05, 3.63) is 18.2 Å². The van der Waals surface area contributed by atoms with Gasteiger partial charge in [-0.3, -0.25) is 9.69 Å². The molecule has 0 bridgehead atoms. The molecule has 6 nitrogen and oxygen atoms in total. The largest absolute Gasteiger partial charge is 0.392 e. The van der Waals surface area contributed by atoms with Gasteiger partial charge in [-0.15, -0.1) is 0 Å². The summed E-state index contributed by atoms with van der Waals surface area (Å²) in [6, 6.07) is 0.0853. The minimum atomic E-state index is -0.0109. The number of imidazole rings is 1. The van der Waals surface area contributed by atoms with Crippen LogP contribution in [-0.2, 0) is 7.05 Å². The van der Waals surface area contributed by atoms with Crippen LogP contribution in [0.25, 0.3) is 0 Å². The molecule has 0 saturated carbocycles. The van der Waals surface area contributed by atoms with Gasteiger partial charge in [-0.1, -0.05) is 12.2 Å². The van der Waals surface area contributed by atoms with Gasteiger partial charge in [-0.25, -0.2) is 4.98 Å². The van der Waals surface area contributed by atoms with Crippen LogP contribution in [0.4, 0.5) is 0 Å². The number of hydrogen-bond acceptors (Lipinski definition) is 4. The second-order valence-corrected chi connectivity index (χ2v) is 5.30. The maximum Gasteiger partial charge on any atom is 0.274 e. The number of aryl methyl sites for hydroxylation is 1. The highest BCUT2D eigenvalue weighted by molar-refractivity contribution is 7.80. The molecule has 1 saturated heterocycles. The number of hydrogen-bond donors (Lipinski definition) is 1. The summed E-state index contributed by atoms with van der Waals surface area (Å²) in [6.07, 6.45) is 3.38. The maximum atomic E-state index is 12.2. The van der Waals surface area contributed by atoms with Crippen molar-refractivity contribution in [3.8, 4) is 0 Å². The Labute approximate surface area is 118 Å². The fraction of sp³-hybridized carbons (Fsp3) is 0.583. The smallest absolute Gasteiger partial charge is 0.274 e. The van der Waals surface area contributed by atoms with Crippen LogP contribution in [0, 0.1) is 0 Å². The highest BCUT2D eigenvalue weighted by atomic mass is 32.1. The monoisotopic (exact) mass is 281 g/mol. The van der Waals surface area contributed by atoms with E-state index in [1.54, 1.807) is 17.1 Å². The molecule has 1 aliphatic heterocycles. The van der Waals surface area contributed by atoms with Gasteiger partial charge in [0.2, 0.25) is 0 Å². The molecule has 1 aromatic heterocycles. The average molecular weight is 281 g/mol. The summed E-state index contributed by atoms with van der Waals surface area (Å²) in [5.74, 6) is -0.0109. The lowest BCUT2D eigenvalue weighted by molar-refractivity contribution is 0.0616. The van der Waals surface area contributed by atoms with Crippen molar-refractivity contribution >= 4 is 23.1 Å². The van der Waals surface area contributed by atoms with Crippen molar-refractivity contribution in [2.75, 3.05) is 26.2 Å². The molecule has 1 unspecified atom stereocenters. The van der Waals surface area contributed by atoms with Crippen LogP contribution in [0.5, 0.6) is 0 Å². The van der Waals surface area contributed by atoms with Crippen molar-refractivity contribution in [1.29, 1.82) is 0 Å². The van der Waals surface area contributed by atoms with E-state index < -0.39 is 0 Å². The molecule has 1 atom stereocenters. The first kappa shape index (κ1) is 14.0. The Morgan fingerprint density at radius 3 is 2.53 bits per heavy atom. The third kappa shape index (κ3) is 3.10. The van der Waals surface area contributed by atoms with E-state index in [0.717, 1.165) is 13.1 Å².